The summed E-state index contributed by atoms with van der Waals surface area (Å²) < 4.78 is 1.13. The van der Waals surface area contributed by atoms with E-state index in [0.29, 0.717) is 5.69 Å². The van der Waals surface area contributed by atoms with Gasteiger partial charge in [0.25, 0.3) is 5.56 Å². The second kappa shape index (κ2) is 4.92. The predicted octanol–water partition coefficient (Wildman–Crippen LogP) is -2.08. The molecule has 2 rings (SSSR count). The number of nitrogens with one attached hydrogen (secondary N) is 1. The molecule has 2 heterocycles. The highest BCUT2D eigenvalue weighted by molar-refractivity contribution is 6.02. The van der Waals surface area contributed by atoms with Gasteiger partial charge in [0.1, 0.15) is 19.6 Å². The Morgan fingerprint density at radius 2 is 1.84 bits per heavy atom. The number of amides is 3. The van der Waals surface area contributed by atoms with Gasteiger partial charge in [-0.25, -0.2) is 0 Å². The SMILES string of the molecule is Nc1ccc(=O)n(CC(=O)N2CC(=O)NC(=O)C2)c1. The van der Waals surface area contributed by atoms with Gasteiger partial charge in [0, 0.05) is 18.0 Å². The summed E-state index contributed by atoms with van der Waals surface area (Å²) in [4.78, 5) is 46.8. The summed E-state index contributed by atoms with van der Waals surface area (Å²) in [6.45, 7) is -0.645. The highest BCUT2D eigenvalue weighted by Crippen LogP contribution is 2.00. The van der Waals surface area contributed by atoms with E-state index in [2.05, 4.69) is 5.32 Å². The largest absolute Gasteiger partial charge is 0.398 e. The molecule has 1 aliphatic rings. The number of carbonyl (C=O) groups excluding carboxylic acids is 3. The maximum Gasteiger partial charge on any atom is 0.251 e. The molecule has 0 spiro atoms. The third-order valence-corrected chi connectivity index (χ3v) is 2.61. The number of pyridine rings is 1. The van der Waals surface area contributed by atoms with E-state index in [0.717, 1.165) is 9.47 Å². The summed E-state index contributed by atoms with van der Waals surface area (Å²) in [6, 6.07) is 2.68. The Morgan fingerprint density at radius 3 is 2.47 bits per heavy atom. The van der Waals surface area contributed by atoms with Crippen LogP contribution in [-0.2, 0) is 20.9 Å². The molecule has 3 N–H and O–H groups in total. The van der Waals surface area contributed by atoms with Crippen molar-refractivity contribution in [3.63, 3.8) is 0 Å². The monoisotopic (exact) mass is 264 g/mol. The maximum atomic E-state index is 11.9. The number of carbonyl (C=O) groups is 3. The second-order valence-corrected chi connectivity index (χ2v) is 4.15. The molecule has 1 aromatic rings. The van der Waals surface area contributed by atoms with E-state index in [1.807, 2.05) is 0 Å². The minimum atomic E-state index is -0.537. The third-order valence-electron chi connectivity index (χ3n) is 2.61. The molecule has 0 unspecified atom stereocenters. The number of nitrogen functional groups attached to an aromatic ring is 1. The van der Waals surface area contributed by atoms with Crippen molar-refractivity contribution in [3.05, 3.63) is 28.7 Å². The fourth-order valence-electron chi connectivity index (χ4n) is 1.73. The second-order valence-electron chi connectivity index (χ2n) is 4.15. The zero-order chi connectivity index (χ0) is 14.0. The van der Waals surface area contributed by atoms with Crippen LogP contribution in [0.15, 0.2) is 23.1 Å². The van der Waals surface area contributed by atoms with Crippen molar-refractivity contribution in [3.8, 4) is 0 Å². The highest BCUT2D eigenvalue weighted by Gasteiger charge is 2.26. The van der Waals surface area contributed by atoms with Crippen LogP contribution < -0.4 is 16.6 Å². The van der Waals surface area contributed by atoms with Crippen molar-refractivity contribution in [1.29, 1.82) is 0 Å². The van der Waals surface area contributed by atoms with Crippen molar-refractivity contribution in [2.45, 2.75) is 6.54 Å². The van der Waals surface area contributed by atoms with Gasteiger partial charge in [-0.15, -0.1) is 0 Å². The number of rotatable bonds is 2. The van der Waals surface area contributed by atoms with Crippen molar-refractivity contribution >= 4 is 23.4 Å². The lowest BCUT2D eigenvalue weighted by Crippen LogP contribution is -2.54. The number of nitrogens with two attached hydrogens (primary N) is 1. The first-order valence-corrected chi connectivity index (χ1v) is 5.52. The Labute approximate surface area is 107 Å². The van der Waals surface area contributed by atoms with E-state index in [1.165, 1.54) is 18.3 Å². The molecule has 3 amide bonds. The fourth-order valence-corrected chi connectivity index (χ4v) is 1.73. The Hall–Kier alpha value is -2.64. The van der Waals surface area contributed by atoms with Crippen molar-refractivity contribution in [2.75, 3.05) is 18.8 Å². The first-order chi connectivity index (χ1) is 8.95. The number of hydrogen-bond donors (Lipinski definition) is 2. The van der Waals surface area contributed by atoms with E-state index in [9.17, 15) is 19.2 Å². The van der Waals surface area contributed by atoms with E-state index in [4.69, 9.17) is 5.73 Å². The predicted molar refractivity (Wildman–Crippen MR) is 64.8 cm³/mol. The first kappa shape index (κ1) is 12.8. The number of aromatic nitrogens is 1. The standard InChI is InChI=1S/C11H12N4O4/c12-7-1-2-10(18)14(3-7)6-11(19)15-4-8(16)13-9(17)5-15/h1-3H,4-6,12H2,(H,13,16,17). The molecule has 0 radical (unpaired) electrons. The average Bonchev–Trinajstić information content (AvgIpc) is 2.32. The molecule has 1 fully saturated rings. The maximum absolute atomic E-state index is 11.9. The summed E-state index contributed by atoms with van der Waals surface area (Å²) >= 11 is 0. The van der Waals surface area contributed by atoms with Crippen LogP contribution in [0.25, 0.3) is 0 Å². The van der Waals surface area contributed by atoms with Gasteiger partial charge in [-0.3, -0.25) is 24.5 Å². The fraction of sp³-hybridized carbons (Fsp3) is 0.273. The van der Waals surface area contributed by atoms with Gasteiger partial charge in [-0.05, 0) is 6.07 Å². The van der Waals surface area contributed by atoms with Gasteiger partial charge in [0.15, 0.2) is 0 Å². The lowest BCUT2D eigenvalue weighted by molar-refractivity contribution is -0.145. The molecule has 19 heavy (non-hydrogen) atoms. The Balaban J connectivity index is 2.12. The third kappa shape index (κ3) is 2.97. The van der Waals surface area contributed by atoms with Gasteiger partial charge < -0.3 is 15.2 Å². The molecular formula is C11H12N4O4. The molecule has 8 nitrogen and oxygen atoms in total. The molecule has 0 atom stereocenters. The lowest BCUT2D eigenvalue weighted by Gasteiger charge is -2.25. The molecule has 1 aromatic heterocycles. The molecule has 100 valence electrons. The van der Waals surface area contributed by atoms with Crippen LogP contribution in [-0.4, -0.2) is 40.3 Å². The normalized spacial score (nSPS) is 15.3. The first-order valence-electron chi connectivity index (χ1n) is 5.52. The van der Waals surface area contributed by atoms with Crippen molar-refractivity contribution < 1.29 is 14.4 Å². The van der Waals surface area contributed by atoms with Crippen LogP contribution in [0.2, 0.25) is 0 Å². The minimum absolute atomic E-state index is 0.193. The van der Waals surface area contributed by atoms with Crippen LogP contribution in [0.4, 0.5) is 5.69 Å². The zero-order valence-electron chi connectivity index (χ0n) is 9.96. The lowest BCUT2D eigenvalue weighted by atomic mass is 10.3. The van der Waals surface area contributed by atoms with E-state index < -0.39 is 17.7 Å². The van der Waals surface area contributed by atoms with Gasteiger partial charge in [0.2, 0.25) is 17.7 Å². The Bertz CT molecular complexity index is 591. The van der Waals surface area contributed by atoms with Crippen molar-refractivity contribution in [2.24, 2.45) is 0 Å². The summed E-state index contributed by atoms with van der Waals surface area (Å²) in [5, 5.41) is 2.09. The van der Waals surface area contributed by atoms with Gasteiger partial charge in [0.05, 0.1) is 0 Å². The quantitative estimate of drug-likeness (QED) is 0.595. The van der Waals surface area contributed by atoms with E-state index in [-0.39, 0.29) is 25.2 Å². The van der Waals surface area contributed by atoms with Crippen LogP contribution in [0, 0.1) is 0 Å². The molecule has 1 aliphatic heterocycles. The number of hydrogen-bond acceptors (Lipinski definition) is 5. The smallest absolute Gasteiger partial charge is 0.251 e. The Morgan fingerprint density at radius 1 is 1.21 bits per heavy atom. The molecule has 1 saturated heterocycles. The van der Waals surface area contributed by atoms with E-state index >= 15 is 0 Å². The minimum Gasteiger partial charge on any atom is -0.398 e. The summed E-state index contributed by atoms with van der Waals surface area (Å²) in [5.74, 6) is -1.56. The number of nitrogens with zero attached hydrogens (tertiary/aromatic N) is 2. The topological polar surface area (TPSA) is 114 Å². The summed E-state index contributed by atoms with van der Waals surface area (Å²) in [6.07, 6.45) is 1.34. The average molecular weight is 264 g/mol. The molecule has 0 aromatic carbocycles. The number of anilines is 1. The van der Waals surface area contributed by atoms with Crippen LogP contribution in [0.5, 0.6) is 0 Å². The van der Waals surface area contributed by atoms with Crippen LogP contribution >= 0.6 is 0 Å². The molecule has 8 heteroatoms. The molecule has 0 aliphatic carbocycles. The van der Waals surface area contributed by atoms with Gasteiger partial charge in [-0.2, -0.15) is 0 Å². The zero-order valence-corrected chi connectivity index (χ0v) is 9.96. The summed E-state index contributed by atoms with van der Waals surface area (Å²) in [5.41, 5.74) is 5.49. The van der Waals surface area contributed by atoms with Crippen LogP contribution in [0.3, 0.4) is 0 Å². The summed E-state index contributed by atoms with van der Waals surface area (Å²) in [7, 11) is 0. The molecule has 0 bridgehead atoms. The molecule has 0 saturated carbocycles. The van der Waals surface area contributed by atoms with E-state index in [1.54, 1.807) is 0 Å². The van der Waals surface area contributed by atoms with Gasteiger partial charge in [-0.1, -0.05) is 0 Å². The molecular weight excluding hydrogens is 252 g/mol. The Kier molecular flexibility index (Phi) is 3.32. The van der Waals surface area contributed by atoms with Crippen LogP contribution in [0.1, 0.15) is 0 Å². The highest BCUT2D eigenvalue weighted by atomic mass is 16.2. The number of imide groups is 1. The van der Waals surface area contributed by atoms with Crippen molar-refractivity contribution in [1.82, 2.24) is 14.8 Å². The van der Waals surface area contributed by atoms with Gasteiger partial charge >= 0.3 is 0 Å². The number of piperazine rings is 1.